The first-order valence-electron chi connectivity index (χ1n) is 9.06. The van der Waals surface area contributed by atoms with Crippen LogP contribution in [0.15, 0.2) is 48.5 Å². The molecule has 1 atom stereocenters. The molecule has 0 spiro atoms. The Hall–Kier alpha value is -2.86. The van der Waals surface area contributed by atoms with Gasteiger partial charge in [0.05, 0.1) is 5.56 Å². The van der Waals surface area contributed by atoms with Crippen LogP contribution in [0.25, 0.3) is 0 Å². The lowest BCUT2D eigenvalue weighted by molar-refractivity contribution is -0.128. The van der Waals surface area contributed by atoms with Gasteiger partial charge in [-0.3, -0.25) is 9.59 Å². The summed E-state index contributed by atoms with van der Waals surface area (Å²) >= 11 is 5.89. The van der Waals surface area contributed by atoms with Crippen molar-refractivity contribution in [2.45, 2.75) is 32.4 Å². The van der Waals surface area contributed by atoms with Crippen molar-refractivity contribution in [3.8, 4) is 0 Å². The number of benzene rings is 2. The predicted molar refractivity (Wildman–Crippen MR) is 106 cm³/mol. The van der Waals surface area contributed by atoms with Gasteiger partial charge in [-0.2, -0.15) is 0 Å². The number of anilines is 1. The maximum Gasteiger partial charge on any atom is 0.338 e. The second-order valence-electron chi connectivity index (χ2n) is 6.66. The van der Waals surface area contributed by atoms with E-state index in [9.17, 15) is 14.4 Å². The van der Waals surface area contributed by atoms with Gasteiger partial charge in [0.15, 0.2) is 6.10 Å². The summed E-state index contributed by atoms with van der Waals surface area (Å²) in [5.41, 5.74) is 1.82. The summed E-state index contributed by atoms with van der Waals surface area (Å²) in [5, 5.41) is 3.15. The molecular formula is C21H21ClN2O4. The highest BCUT2D eigenvalue weighted by Crippen LogP contribution is 2.17. The van der Waals surface area contributed by atoms with E-state index in [-0.39, 0.29) is 5.91 Å². The molecule has 0 radical (unpaired) electrons. The van der Waals surface area contributed by atoms with E-state index in [4.69, 9.17) is 16.3 Å². The lowest BCUT2D eigenvalue weighted by Gasteiger charge is -2.16. The zero-order valence-electron chi connectivity index (χ0n) is 15.5. The lowest BCUT2D eigenvalue weighted by Crippen LogP contribution is -2.30. The summed E-state index contributed by atoms with van der Waals surface area (Å²) in [4.78, 5) is 38.0. The number of nitrogens with one attached hydrogen (secondary N) is 1. The summed E-state index contributed by atoms with van der Waals surface area (Å²) in [6.45, 7) is 2.81. The minimum atomic E-state index is -0.964. The molecule has 0 aliphatic carbocycles. The van der Waals surface area contributed by atoms with Crippen molar-refractivity contribution >= 4 is 35.1 Å². The van der Waals surface area contributed by atoms with Gasteiger partial charge in [0, 0.05) is 30.2 Å². The Morgan fingerprint density at radius 2 is 1.96 bits per heavy atom. The fourth-order valence-corrected chi connectivity index (χ4v) is 3.12. The number of carbonyl (C=O) groups excluding carboxylic acids is 3. The molecule has 0 bridgehead atoms. The van der Waals surface area contributed by atoms with Gasteiger partial charge in [-0.25, -0.2) is 4.79 Å². The minimum Gasteiger partial charge on any atom is -0.449 e. The van der Waals surface area contributed by atoms with Gasteiger partial charge in [-0.1, -0.05) is 29.8 Å². The van der Waals surface area contributed by atoms with Crippen LogP contribution in [0.2, 0.25) is 5.02 Å². The topological polar surface area (TPSA) is 75.7 Å². The zero-order chi connectivity index (χ0) is 20.1. The molecule has 1 aliphatic heterocycles. The van der Waals surface area contributed by atoms with Crippen LogP contribution in [0.1, 0.15) is 35.7 Å². The number of hydrogen-bond donors (Lipinski definition) is 1. The molecule has 1 aliphatic rings. The van der Waals surface area contributed by atoms with Gasteiger partial charge >= 0.3 is 5.97 Å². The van der Waals surface area contributed by atoms with Crippen LogP contribution in [0.3, 0.4) is 0 Å². The Morgan fingerprint density at radius 1 is 1.21 bits per heavy atom. The molecule has 1 saturated heterocycles. The number of halogens is 1. The summed E-state index contributed by atoms with van der Waals surface area (Å²) in [6, 6.07) is 13.6. The van der Waals surface area contributed by atoms with Crippen molar-refractivity contribution in [1.82, 2.24) is 4.90 Å². The van der Waals surface area contributed by atoms with Gasteiger partial charge < -0.3 is 15.0 Å². The van der Waals surface area contributed by atoms with E-state index < -0.39 is 18.0 Å². The summed E-state index contributed by atoms with van der Waals surface area (Å²) in [6.07, 6.45) is 0.520. The van der Waals surface area contributed by atoms with Crippen molar-refractivity contribution in [3.63, 3.8) is 0 Å². The Labute approximate surface area is 168 Å². The van der Waals surface area contributed by atoms with Gasteiger partial charge in [0.25, 0.3) is 5.91 Å². The number of ether oxygens (including phenoxy) is 1. The van der Waals surface area contributed by atoms with Crippen molar-refractivity contribution < 1.29 is 19.1 Å². The molecule has 7 heteroatoms. The maximum absolute atomic E-state index is 12.3. The Balaban J connectivity index is 1.54. The lowest BCUT2D eigenvalue weighted by atomic mass is 10.1. The van der Waals surface area contributed by atoms with Gasteiger partial charge in [0.1, 0.15) is 0 Å². The maximum atomic E-state index is 12.3. The molecular weight excluding hydrogens is 380 g/mol. The predicted octanol–water partition coefficient (Wildman–Crippen LogP) is 3.65. The second-order valence-corrected chi connectivity index (χ2v) is 7.10. The zero-order valence-corrected chi connectivity index (χ0v) is 16.2. The Bertz CT molecular complexity index is 882. The number of rotatable bonds is 6. The van der Waals surface area contributed by atoms with Gasteiger partial charge in [-0.15, -0.1) is 0 Å². The number of amides is 2. The van der Waals surface area contributed by atoms with E-state index in [1.807, 2.05) is 0 Å². The summed E-state index contributed by atoms with van der Waals surface area (Å²) in [5.74, 6) is -0.875. The third-order valence-corrected chi connectivity index (χ3v) is 4.71. The average Bonchev–Trinajstić information content (AvgIpc) is 3.07. The second kappa shape index (κ2) is 8.89. The highest BCUT2D eigenvalue weighted by atomic mass is 35.5. The molecule has 2 aromatic carbocycles. The fourth-order valence-electron chi connectivity index (χ4n) is 2.93. The molecule has 0 aromatic heterocycles. The number of hydrogen-bond acceptors (Lipinski definition) is 4. The van der Waals surface area contributed by atoms with Crippen LogP contribution in [-0.2, 0) is 20.9 Å². The van der Waals surface area contributed by atoms with Crippen LogP contribution in [0.4, 0.5) is 5.69 Å². The Kier molecular flexibility index (Phi) is 6.31. The first-order valence-corrected chi connectivity index (χ1v) is 9.44. The van der Waals surface area contributed by atoms with Gasteiger partial charge in [-0.05, 0) is 49.2 Å². The third-order valence-electron chi connectivity index (χ3n) is 4.48. The molecule has 2 amide bonds. The molecule has 3 rings (SSSR count). The highest BCUT2D eigenvalue weighted by Gasteiger charge is 2.21. The monoisotopic (exact) mass is 400 g/mol. The molecule has 146 valence electrons. The number of likely N-dealkylation sites (tertiary alicyclic amines) is 1. The summed E-state index contributed by atoms with van der Waals surface area (Å²) < 4.78 is 5.24. The van der Waals surface area contributed by atoms with Crippen LogP contribution in [-0.4, -0.2) is 35.3 Å². The standard InChI is InChI=1S/C21H21ClN2O4/c1-14(20(26)23-18-5-2-4-17(22)12-18)28-21(27)16-9-7-15(8-10-16)13-24-11-3-6-19(24)25/h2,4-5,7-10,12,14H,3,6,11,13H2,1H3,(H,23,26)/t14-/m0/s1. The number of nitrogens with zero attached hydrogens (tertiary/aromatic N) is 1. The molecule has 1 fully saturated rings. The number of esters is 1. The van der Waals surface area contributed by atoms with E-state index in [1.165, 1.54) is 6.92 Å². The average molecular weight is 401 g/mol. The largest absolute Gasteiger partial charge is 0.449 e. The molecule has 1 heterocycles. The smallest absolute Gasteiger partial charge is 0.338 e. The van der Waals surface area contributed by atoms with Crippen LogP contribution >= 0.6 is 11.6 Å². The normalized spacial score (nSPS) is 14.6. The quantitative estimate of drug-likeness (QED) is 0.751. The molecule has 0 saturated carbocycles. The van der Waals surface area contributed by atoms with Crippen molar-refractivity contribution in [2.75, 3.05) is 11.9 Å². The summed E-state index contributed by atoms with van der Waals surface area (Å²) in [7, 11) is 0. The van der Waals surface area contributed by atoms with E-state index in [1.54, 1.807) is 53.4 Å². The molecule has 6 nitrogen and oxygen atoms in total. The van der Waals surface area contributed by atoms with E-state index in [0.717, 1.165) is 18.5 Å². The van der Waals surface area contributed by atoms with E-state index in [2.05, 4.69) is 5.32 Å². The first-order chi connectivity index (χ1) is 13.4. The van der Waals surface area contributed by atoms with Crippen LogP contribution in [0, 0.1) is 0 Å². The minimum absolute atomic E-state index is 0.156. The highest BCUT2D eigenvalue weighted by molar-refractivity contribution is 6.30. The van der Waals surface area contributed by atoms with Crippen LogP contribution < -0.4 is 5.32 Å². The SMILES string of the molecule is C[C@H](OC(=O)c1ccc(CN2CCCC2=O)cc1)C(=O)Nc1cccc(Cl)c1. The Morgan fingerprint density at radius 3 is 2.61 bits per heavy atom. The first kappa shape index (κ1) is 19.9. The van der Waals surface area contributed by atoms with Crippen molar-refractivity contribution in [2.24, 2.45) is 0 Å². The fraction of sp³-hybridized carbons (Fsp3) is 0.286. The van der Waals surface area contributed by atoms with E-state index >= 15 is 0 Å². The molecule has 2 aromatic rings. The van der Waals surface area contributed by atoms with Gasteiger partial charge in [0.2, 0.25) is 5.91 Å². The molecule has 28 heavy (non-hydrogen) atoms. The number of carbonyl (C=O) groups is 3. The third kappa shape index (κ3) is 5.10. The van der Waals surface area contributed by atoms with Crippen LogP contribution in [0.5, 0.6) is 0 Å². The molecule has 0 unspecified atom stereocenters. The van der Waals surface area contributed by atoms with Crippen molar-refractivity contribution in [3.05, 3.63) is 64.7 Å². The van der Waals surface area contributed by atoms with Crippen molar-refractivity contribution in [1.29, 1.82) is 0 Å². The van der Waals surface area contributed by atoms with E-state index in [0.29, 0.717) is 29.2 Å². The molecule has 1 N–H and O–H groups in total.